The van der Waals surface area contributed by atoms with Crippen LogP contribution in [0.3, 0.4) is 0 Å². The van der Waals surface area contributed by atoms with Crippen molar-refractivity contribution in [3.8, 4) is 33.4 Å². The van der Waals surface area contributed by atoms with E-state index in [1.807, 2.05) is 0 Å². The fourth-order valence-electron chi connectivity index (χ4n) is 8.92. The minimum Gasteiger partial charge on any atom is -0.456 e. The van der Waals surface area contributed by atoms with Crippen LogP contribution in [0.2, 0.25) is 0 Å². The van der Waals surface area contributed by atoms with Gasteiger partial charge in [-0.05, 0) is 98.6 Å². The summed E-state index contributed by atoms with van der Waals surface area (Å²) in [5.74, 6) is 0. The van der Waals surface area contributed by atoms with Crippen LogP contribution in [-0.2, 0) is 10.8 Å². The van der Waals surface area contributed by atoms with Crippen molar-refractivity contribution < 1.29 is 4.42 Å². The molecule has 2 aliphatic carbocycles. The predicted octanol–water partition coefficient (Wildman–Crippen LogP) is 13.3. The van der Waals surface area contributed by atoms with Crippen LogP contribution in [-0.4, -0.2) is 0 Å². The first-order valence-electron chi connectivity index (χ1n) is 17.6. The highest BCUT2D eigenvalue weighted by Gasteiger charge is 2.39. The maximum Gasteiger partial charge on any atom is 0.140 e. The molecule has 2 aliphatic rings. The Hall–Kier alpha value is -5.86. The van der Waals surface area contributed by atoms with E-state index in [2.05, 4.69) is 184 Å². The van der Waals surface area contributed by atoms with Gasteiger partial charge in [0.25, 0.3) is 0 Å². The van der Waals surface area contributed by atoms with Gasteiger partial charge in [-0.2, -0.15) is 0 Å². The average Bonchev–Trinajstić information content (AvgIpc) is 3.72. The van der Waals surface area contributed by atoms with E-state index in [-0.39, 0.29) is 10.8 Å². The zero-order valence-electron chi connectivity index (χ0n) is 28.8. The molecule has 0 bridgehead atoms. The molecule has 10 rings (SSSR count). The summed E-state index contributed by atoms with van der Waals surface area (Å²) in [6.07, 6.45) is 0. The Morgan fingerprint density at radius 2 is 0.980 bits per heavy atom. The highest BCUT2D eigenvalue weighted by atomic mass is 16.3. The van der Waals surface area contributed by atoms with Crippen molar-refractivity contribution in [1.82, 2.24) is 0 Å². The number of rotatable bonds is 4. The number of hydrogen-bond acceptors (Lipinski definition) is 2. The molecular weight excluding hydrogens is 607 g/mol. The molecule has 0 amide bonds. The summed E-state index contributed by atoms with van der Waals surface area (Å²) in [4.78, 5) is 2.40. The fourth-order valence-corrected chi connectivity index (χ4v) is 8.92. The molecule has 0 saturated heterocycles. The summed E-state index contributed by atoms with van der Waals surface area (Å²) in [6.45, 7) is 9.35. The first kappa shape index (κ1) is 29.1. The lowest BCUT2D eigenvalue weighted by Gasteiger charge is -2.28. The van der Waals surface area contributed by atoms with Crippen LogP contribution in [0.5, 0.6) is 0 Å². The second-order valence-electron chi connectivity index (χ2n) is 15.0. The first-order chi connectivity index (χ1) is 24.3. The van der Waals surface area contributed by atoms with Crippen LogP contribution in [0.1, 0.15) is 49.9 Å². The Morgan fingerprint density at radius 1 is 0.420 bits per heavy atom. The Bertz CT molecular complexity index is 2640. The van der Waals surface area contributed by atoms with Gasteiger partial charge in [0.1, 0.15) is 11.2 Å². The monoisotopic (exact) mass is 643 g/mol. The van der Waals surface area contributed by atoms with Gasteiger partial charge in [0.2, 0.25) is 0 Å². The Kier molecular flexibility index (Phi) is 6.01. The zero-order valence-corrected chi connectivity index (χ0v) is 28.8. The van der Waals surface area contributed by atoms with Gasteiger partial charge in [-0.15, -0.1) is 0 Å². The number of furan rings is 1. The number of benzene rings is 7. The molecule has 8 aromatic rings. The van der Waals surface area contributed by atoms with Gasteiger partial charge >= 0.3 is 0 Å². The molecule has 7 aromatic carbocycles. The molecule has 2 heteroatoms. The van der Waals surface area contributed by atoms with Crippen molar-refractivity contribution in [1.29, 1.82) is 0 Å². The number of anilines is 3. The maximum absolute atomic E-state index is 6.78. The molecule has 0 saturated carbocycles. The SMILES string of the molecule is CC1(C)c2ccccc2-c2ccc(N(c3ccc(-c4ccccc4)cc3)c3ccc4oc5c6c(ccc5c4c3)-c3ccccc3C6(C)C)cc21. The van der Waals surface area contributed by atoms with E-state index in [0.29, 0.717) is 0 Å². The highest BCUT2D eigenvalue weighted by molar-refractivity contribution is 6.10. The Balaban J connectivity index is 1.16. The molecule has 240 valence electrons. The van der Waals surface area contributed by atoms with Crippen LogP contribution < -0.4 is 4.90 Å². The molecule has 0 fully saturated rings. The third-order valence-corrected chi connectivity index (χ3v) is 11.5. The highest BCUT2D eigenvalue weighted by Crippen LogP contribution is 2.54. The molecule has 0 aliphatic heterocycles. The molecule has 0 unspecified atom stereocenters. The summed E-state index contributed by atoms with van der Waals surface area (Å²) in [5.41, 5.74) is 18.0. The second kappa shape index (κ2) is 10.3. The van der Waals surface area contributed by atoms with Crippen molar-refractivity contribution >= 4 is 39.0 Å². The standard InChI is InChI=1S/C48H37NO/c1-47(2)41-16-10-8-14-35(41)37-24-22-34(29-43(37)47)49(32-20-18-31(19-21-32)30-12-6-5-7-13-30)33-23-27-44-40(28-33)39-26-25-38-36-15-9-11-17-42(36)48(3,4)45(38)46(39)50-44/h5-29H,1-4H3. The van der Waals surface area contributed by atoms with E-state index in [9.17, 15) is 0 Å². The average molecular weight is 644 g/mol. The molecule has 1 heterocycles. The molecule has 0 atom stereocenters. The van der Waals surface area contributed by atoms with Gasteiger partial charge in [0.05, 0.1) is 0 Å². The quantitative estimate of drug-likeness (QED) is 0.190. The van der Waals surface area contributed by atoms with Crippen LogP contribution in [0.15, 0.2) is 156 Å². The predicted molar refractivity (Wildman–Crippen MR) is 209 cm³/mol. The summed E-state index contributed by atoms with van der Waals surface area (Å²) in [7, 11) is 0. The van der Waals surface area contributed by atoms with E-state index >= 15 is 0 Å². The van der Waals surface area contributed by atoms with Gasteiger partial charge in [-0.3, -0.25) is 0 Å². The van der Waals surface area contributed by atoms with Crippen molar-refractivity contribution in [3.05, 3.63) is 174 Å². The van der Waals surface area contributed by atoms with E-state index in [0.717, 1.165) is 39.0 Å². The topological polar surface area (TPSA) is 16.4 Å². The summed E-state index contributed by atoms with van der Waals surface area (Å²) < 4.78 is 6.78. The summed E-state index contributed by atoms with van der Waals surface area (Å²) in [6, 6.07) is 55.5. The lowest BCUT2D eigenvalue weighted by atomic mass is 9.82. The molecule has 50 heavy (non-hydrogen) atoms. The van der Waals surface area contributed by atoms with E-state index in [1.54, 1.807) is 0 Å². The van der Waals surface area contributed by atoms with E-state index < -0.39 is 0 Å². The Labute approximate surface area is 293 Å². The van der Waals surface area contributed by atoms with Crippen molar-refractivity contribution in [3.63, 3.8) is 0 Å². The fraction of sp³-hybridized carbons (Fsp3) is 0.125. The maximum atomic E-state index is 6.78. The van der Waals surface area contributed by atoms with Crippen LogP contribution >= 0.6 is 0 Å². The van der Waals surface area contributed by atoms with Crippen LogP contribution in [0.4, 0.5) is 17.1 Å². The minimum absolute atomic E-state index is 0.0970. The van der Waals surface area contributed by atoms with Gasteiger partial charge in [-0.25, -0.2) is 0 Å². The van der Waals surface area contributed by atoms with Crippen LogP contribution in [0, 0.1) is 0 Å². The number of hydrogen-bond donors (Lipinski definition) is 0. The zero-order chi connectivity index (χ0) is 33.8. The molecule has 0 radical (unpaired) electrons. The molecule has 1 aromatic heterocycles. The summed E-state index contributed by atoms with van der Waals surface area (Å²) >= 11 is 0. The summed E-state index contributed by atoms with van der Waals surface area (Å²) in [5, 5.41) is 2.29. The van der Waals surface area contributed by atoms with Crippen molar-refractivity contribution in [2.24, 2.45) is 0 Å². The first-order valence-corrected chi connectivity index (χ1v) is 17.6. The van der Waals surface area contributed by atoms with Gasteiger partial charge in [-0.1, -0.05) is 131 Å². The smallest absolute Gasteiger partial charge is 0.140 e. The lowest BCUT2D eigenvalue weighted by molar-refractivity contribution is 0.620. The third kappa shape index (κ3) is 4.02. The third-order valence-electron chi connectivity index (χ3n) is 11.5. The van der Waals surface area contributed by atoms with Gasteiger partial charge in [0.15, 0.2) is 0 Å². The molecule has 0 N–H and O–H groups in total. The van der Waals surface area contributed by atoms with Crippen molar-refractivity contribution in [2.45, 2.75) is 38.5 Å². The normalized spacial score (nSPS) is 14.7. The molecule has 2 nitrogen and oxygen atoms in total. The largest absolute Gasteiger partial charge is 0.456 e. The number of fused-ring (bicyclic) bond motifs is 10. The van der Waals surface area contributed by atoms with E-state index in [1.165, 1.54) is 55.6 Å². The molecule has 0 spiro atoms. The minimum atomic E-state index is -0.149. The number of nitrogens with zero attached hydrogens (tertiary/aromatic N) is 1. The van der Waals surface area contributed by atoms with E-state index in [4.69, 9.17) is 4.42 Å². The van der Waals surface area contributed by atoms with Gasteiger partial charge < -0.3 is 9.32 Å². The Morgan fingerprint density at radius 3 is 1.74 bits per heavy atom. The van der Waals surface area contributed by atoms with Crippen molar-refractivity contribution in [2.75, 3.05) is 4.90 Å². The second-order valence-corrected chi connectivity index (χ2v) is 15.0. The van der Waals surface area contributed by atoms with Crippen LogP contribution in [0.25, 0.3) is 55.3 Å². The van der Waals surface area contributed by atoms with Gasteiger partial charge in [0, 0.05) is 44.2 Å². The molecular formula is C48H37NO. The lowest BCUT2D eigenvalue weighted by Crippen LogP contribution is -2.16.